The van der Waals surface area contributed by atoms with Gasteiger partial charge in [0, 0.05) is 16.5 Å². The molecule has 0 aliphatic carbocycles. The second kappa shape index (κ2) is 6.20. The molecule has 0 atom stereocenters. The number of aromatic nitrogens is 4. The van der Waals surface area contributed by atoms with Gasteiger partial charge in [0.05, 0.1) is 6.21 Å². The van der Waals surface area contributed by atoms with Crippen LogP contribution in [0.4, 0.5) is 5.95 Å². The van der Waals surface area contributed by atoms with Gasteiger partial charge in [0.1, 0.15) is 11.3 Å². The highest BCUT2D eigenvalue weighted by atomic mass is 16.3. The van der Waals surface area contributed by atoms with Gasteiger partial charge in [-0.15, -0.1) is 10.2 Å². The first-order valence-electron chi connectivity index (χ1n) is 7.96. The van der Waals surface area contributed by atoms with E-state index in [1.54, 1.807) is 18.2 Å². The van der Waals surface area contributed by atoms with E-state index in [1.807, 2.05) is 12.1 Å². The zero-order valence-corrected chi connectivity index (χ0v) is 13.6. The Morgan fingerprint density at radius 2 is 2.08 bits per heavy atom. The number of hydrazone groups is 1. The molecule has 4 aromatic rings. The molecule has 0 amide bonds. The van der Waals surface area contributed by atoms with Crippen molar-refractivity contribution < 1.29 is 5.11 Å². The number of phenols is 1. The van der Waals surface area contributed by atoms with Crippen LogP contribution < -0.4 is 5.43 Å². The summed E-state index contributed by atoms with van der Waals surface area (Å²) < 4.78 is 0. The van der Waals surface area contributed by atoms with Crippen molar-refractivity contribution in [1.82, 2.24) is 20.2 Å². The molecule has 7 heteroatoms. The molecule has 0 bridgehead atoms. The first kappa shape index (κ1) is 15.1. The Hall–Kier alpha value is -3.48. The summed E-state index contributed by atoms with van der Waals surface area (Å²) >= 11 is 0. The monoisotopic (exact) mass is 332 g/mol. The summed E-state index contributed by atoms with van der Waals surface area (Å²) in [5.41, 5.74) is 6.94. The number of H-pyrrole nitrogens is 1. The van der Waals surface area contributed by atoms with Gasteiger partial charge in [0.2, 0.25) is 0 Å². The highest BCUT2D eigenvalue weighted by molar-refractivity contribution is 6.03. The molecule has 2 aromatic carbocycles. The van der Waals surface area contributed by atoms with E-state index in [-0.39, 0.29) is 11.7 Å². The molecule has 0 saturated carbocycles. The maximum absolute atomic E-state index is 9.70. The van der Waals surface area contributed by atoms with Gasteiger partial charge in [-0.2, -0.15) is 10.1 Å². The van der Waals surface area contributed by atoms with E-state index < -0.39 is 0 Å². The van der Waals surface area contributed by atoms with Gasteiger partial charge in [0.15, 0.2) is 5.65 Å². The highest BCUT2D eigenvalue weighted by Crippen LogP contribution is 2.23. The third-order valence-electron chi connectivity index (χ3n) is 3.99. The predicted molar refractivity (Wildman–Crippen MR) is 97.9 cm³/mol. The van der Waals surface area contributed by atoms with E-state index in [0.29, 0.717) is 11.2 Å². The summed E-state index contributed by atoms with van der Waals surface area (Å²) in [5, 5.41) is 23.1. The lowest BCUT2D eigenvalue weighted by Crippen LogP contribution is -1.99. The molecule has 0 saturated heterocycles. The van der Waals surface area contributed by atoms with Crippen molar-refractivity contribution in [2.45, 2.75) is 13.3 Å². The second-order valence-electron chi connectivity index (χ2n) is 5.62. The number of fused-ring (bicyclic) bond motifs is 3. The SMILES string of the molecule is CCc1ccc2[nH]c3nc(NN=Cc4ccccc4O)nnc3c2c1. The lowest BCUT2D eigenvalue weighted by Gasteiger charge is -1.99. The summed E-state index contributed by atoms with van der Waals surface area (Å²) in [7, 11) is 0. The van der Waals surface area contributed by atoms with Crippen molar-refractivity contribution in [2.24, 2.45) is 5.10 Å². The Morgan fingerprint density at radius 1 is 1.20 bits per heavy atom. The fourth-order valence-corrected chi connectivity index (χ4v) is 2.64. The van der Waals surface area contributed by atoms with E-state index >= 15 is 0 Å². The minimum Gasteiger partial charge on any atom is -0.507 e. The lowest BCUT2D eigenvalue weighted by atomic mass is 10.1. The molecule has 3 N–H and O–H groups in total. The molecule has 0 aliphatic heterocycles. The smallest absolute Gasteiger partial charge is 0.265 e. The minimum absolute atomic E-state index is 0.157. The number of hydrogen-bond donors (Lipinski definition) is 3. The second-order valence-corrected chi connectivity index (χ2v) is 5.62. The Kier molecular flexibility index (Phi) is 3.74. The van der Waals surface area contributed by atoms with Crippen LogP contribution in [0.5, 0.6) is 5.75 Å². The van der Waals surface area contributed by atoms with Gasteiger partial charge in [-0.05, 0) is 36.2 Å². The minimum atomic E-state index is 0.157. The standard InChI is InChI=1S/C18H16N6O/c1-2-11-7-8-14-13(9-11)16-17(20-14)21-18(24-22-16)23-19-10-12-5-3-4-6-15(12)25/h3-10,25H,2H2,1H3,(H2,20,21,23,24). The molecule has 7 nitrogen and oxygen atoms in total. The van der Waals surface area contributed by atoms with E-state index in [1.165, 1.54) is 11.8 Å². The van der Waals surface area contributed by atoms with Crippen LogP contribution in [0.3, 0.4) is 0 Å². The van der Waals surface area contributed by atoms with Crippen molar-refractivity contribution in [1.29, 1.82) is 0 Å². The summed E-state index contributed by atoms with van der Waals surface area (Å²) in [6.45, 7) is 2.12. The molecular formula is C18H16N6O. The molecule has 0 aliphatic rings. The quantitative estimate of drug-likeness (QED) is 0.394. The average molecular weight is 332 g/mol. The first-order chi connectivity index (χ1) is 12.2. The molecule has 0 radical (unpaired) electrons. The molecule has 0 unspecified atom stereocenters. The summed E-state index contributed by atoms with van der Waals surface area (Å²) in [6, 6.07) is 13.1. The molecule has 25 heavy (non-hydrogen) atoms. The number of aromatic hydroxyl groups is 1. The maximum Gasteiger partial charge on any atom is 0.265 e. The first-order valence-corrected chi connectivity index (χ1v) is 7.96. The molecule has 2 heterocycles. The topological polar surface area (TPSA) is 99.1 Å². The number of benzene rings is 2. The molecule has 4 rings (SSSR count). The van der Waals surface area contributed by atoms with Gasteiger partial charge in [-0.1, -0.05) is 25.1 Å². The summed E-state index contributed by atoms with van der Waals surface area (Å²) in [6.07, 6.45) is 2.46. The fraction of sp³-hybridized carbons (Fsp3) is 0.111. The van der Waals surface area contributed by atoms with Crippen molar-refractivity contribution in [3.8, 4) is 5.75 Å². The van der Waals surface area contributed by atoms with Gasteiger partial charge in [0.25, 0.3) is 5.95 Å². The number of para-hydroxylation sites is 1. The third kappa shape index (κ3) is 2.87. The summed E-state index contributed by atoms with van der Waals surface area (Å²) in [5.74, 6) is 0.436. The van der Waals surface area contributed by atoms with Crippen molar-refractivity contribution in [3.05, 3.63) is 53.6 Å². The number of anilines is 1. The van der Waals surface area contributed by atoms with Crippen molar-refractivity contribution >= 4 is 34.2 Å². The van der Waals surface area contributed by atoms with Crippen molar-refractivity contribution in [2.75, 3.05) is 5.43 Å². The van der Waals surface area contributed by atoms with Crippen LogP contribution in [-0.2, 0) is 6.42 Å². The Bertz CT molecular complexity index is 1090. The van der Waals surface area contributed by atoms with Crippen LogP contribution in [0.25, 0.3) is 22.1 Å². The van der Waals surface area contributed by atoms with Gasteiger partial charge in [-0.3, -0.25) is 0 Å². The molecule has 2 aromatic heterocycles. The van der Waals surface area contributed by atoms with Gasteiger partial charge < -0.3 is 10.1 Å². The Labute approximate surface area is 143 Å². The van der Waals surface area contributed by atoms with E-state index in [9.17, 15) is 5.11 Å². The zero-order chi connectivity index (χ0) is 17.2. The molecule has 124 valence electrons. The van der Waals surface area contributed by atoms with Crippen LogP contribution in [0.1, 0.15) is 18.1 Å². The number of aromatic amines is 1. The molecule has 0 fully saturated rings. The summed E-state index contributed by atoms with van der Waals surface area (Å²) in [4.78, 5) is 7.65. The fourth-order valence-electron chi connectivity index (χ4n) is 2.64. The van der Waals surface area contributed by atoms with Crippen LogP contribution >= 0.6 is 0 Å². The maximum atomic E-state index is 9.70. The normalized spacial score (nSPS) is 11.6. The molecule has 0 spiro atoms. The van der Waals surface area contributed by atoms with Gasteiger partial charge >= 0.3 is 0 Å². The van der Waals surface area contributed by atoms with E-state index in [0.717, 1.165) is 22.8 Å². The average Bonchev–Trinajstić information content (AvgIpc) is 3.00. The van der Waals surface area contributed by atoms with Crippen LogP contribution in [0.15, 0.2) is 47.6 Å². The highest BCUT2D eigenvalue weighted by Gasteiger charge is 2.09. The number of rotatable bonds is 4. The molecular weight excluding hydrogens is 316 g/mol. The Balaban J connectivity index is 1.63. The van der Waals surface area contributed by atoms with Crippen LogP contribution in [0, 0.1) is 0 Å². The van der Waals surface area contributed by atoms with Crippen molar-refractivity contribution in [3.63, 3.8) is 0 Å². The van der Waals surface area contributed by atoms with E-state index in [2.05, 4.69) is 49.7 Å². The zero-order valence-electron chi connectivity index (χ0n) is 13.6. The number of nitrogens with one attached hydrogen (secondary N) is 2. The van der Waals surface area contributed by atoms with Gasteiger partial charge in [-0.25, -0.2) is 5.43 Å². The van der Waals surface area contributed by atoms with Crippen LogP contribution in [-0.4, -0.2) is 31.5 Å². The number of hydrogen-bond acceptors (Lipinski definition) is 6. The van der Waals surface area contributed by atoms with E-state index in [4.69, 9.17) is 0 Å². The largest absolute Gasteiger partial charge is 0.507 e. The lowest BCUT2D eigenvalue weighted by molar-refractivity contribution is 0.474. The number of phenolic OH excluding ortho intramolecular Hbond substituents is 1. The third-order valence-corrected chi connectivity index (χ3v) is 3.99. The number of aryl methyl sites for hydroxylation is 1. The number of nitrogens with zero attached hydrogens (tertiary/aromatic N) is 4. The van der Waals surface area contributed by atoms with Crippen LogP contribution in [0.2, 0.25) is 0 Å². The Morgan fingerprint density at radius 3 is 2.92 bits per heavy atom. The predicted octanol–water partition coefficient (Wildman–Crippen LogP) is 3.22.